The number of fused-ring (bicyclic) bond motifs is 1. The Hall–Kier alpha value is -2.44. The summed E-state index contributed by atoms with van der Waals surface area (Å²) in [6.45, 7) is 3.34. The second-order valence-electron chi connectivity index (χ2n) is 5.93. The molecule has 6 heteroatoms. The van der Waals surface area contributed by atoms with Crippen molar-refractivity contribution in [3.63, 3.8) is 0 Å². The monoisotopic (exact) mass is 309 g/mol. The minimum atomic E-state index is -0.00632. The van der Waals surface area contributed by atoms with E-state index in [1.54, 1.807) is 0 Å². The molecule has 23 heavy (non-hydrogen) atoms. The molecule has 1 saturated heterocycles. The first kappa shape index (κ1) is 14.2. The molecule has 0 aliphatic carbocycles. The Morgan fingerprint density at radius 2 is 2.22 bits per heavy atom. The molecule has 4 rings (SSSR count). The van der Waals surface area contributed by atoms with Crippen LogP contribution in [0.2, 0.25) is 0 Å². The lowest BCUT2D eigenvalue weighted by atomic mass is 10.1. The highest BCUT2D eigenvalue weighted by Crippen LogP contribution is 2.23. The normalized spacial score (nSPS) is 19.2. The number of nitrogens with one attached hydrogen (secondary N) is 3. The Morgan fingerprint density at radius 1 is 1.30 bits per heavy atom. The second-order valence-corrected chi connectivity index (χ2v) is 5.93. The van der Waals surface area contributed by atoms with Crippen molar-refractivity contribution in [1.82, 2.24) is 25.4 Å². The smallest absolute Gasteiger partial charge is 0.252 e. The summed E-state index contributed by atoms with van der Waals surface area (Å²) in [5, 5.41) is 11.4. The van der Waals surface area contributed by atoms with Crippen LogP contribution in [0.4, 0.5) is 0 Å². The summed E-state index contributed by atoms with van der Waals surface area (Å²) in [5.41, 5.74) is 2.83. The molecule has 1 aliphatic rings. The Morgan fingerprint density at radius 3 is 3.09 bits per heavy atom. The average Bonchev–Trinajstić information content (AvgIpc) is 3.10. The predicted octanol–water partition coefficient (Wildman–Crippen LogP) is 1.40. The third kappa shape index (κ3) is 2.78. The number of nitrogens with zero attached hydrogens (tertiary/aromatic N) is 2. The molecule has 2 aromatic heterocycles. The Bertz CT molecular complexity index is 855. The van der Waals surface area contributed by atoms with Crippen molar-refractivity contribution < 1.29 is 0 Å². The summed E-state index contributed by atoms with van der Waals surface area (Å²) in [6.07, 6.45) is 3.78. The fourth-order valence-corrected chi connectivity index (χ4v) is 3.24. The van der Waals surface area contributed by atoms with Gasteiger partial charge in [0.25, 0.3) is 5.56 Å². The summed E-state index contributed by atoms with van der Waals surface area (Å²) in [6, 6.07) is 10.1. The number of para-hydroxylation sites is 1. The van der Waals surface area contributed by atoms with Crippen molar-refractivity contribution in [1.29, 1.82) is 0 Å². The first-order valence-electron chi connectivity index (χ1n) is 7.85. The molecule has 0 radical (unpaired) electrons. The first-order valence-corrected chi connectivity index (χ1v) is 7.85. The zero-order valence-corrected chi connectivity index (χ0v) is 12.7. The molecule has 0 saturated carbocycles. The molecular weight excluding hydrogens is 290 g/mol. The van der Waals surface area contributed by atoms with Gasteiger partial charge in [0.1, 0.15) is 0 Å². The standard InChI is InChI=1S/C17H19N5O/c23-17-13(7-12-3-1-2-4-15(12)21-17)11-22-6-5-18-10-16(22)14-8-19-20-9-14/h1-4,7-9,16,18H,5-6,10-11H2,(H,19,20)(H,21,23). The van der Waals surface area contributed by atoms with E-state index in [4.69, 9.17) is 0 Å². The number of pyridine rings is 1. The Labute approximate surface area is 133 Å². The third-order valence-corrected chi connectivity index (χ3v) is 4.46. The van der Waals surface area contributed by atoms with Crippen molar-refractivity contribution >= 4 is 10.9 Å². The fraction of sp³-hybridized carbons (Fsp3) is 0.294. The molecule has 1 aliphatic heterocycles. The van der Waals surface area contributed by atoms with Crippen molar-refractivity contribution in [3.05, 3.63) is 64.2 Å². The topological polar surface area (TPSA) is 76.8 Å². The van der Waals surface area contributed by atoms with E-state index in [0.717, 1.165) is 41.7 Å². The van der Waals surface area contributed by atoms with Crippen LogP contribution in [0, 0.1) is 0 Å². The zero-order valence-electron chi connectivity index (χ0n) is 12.7. The average molecular weight is 309 g/mol. The lowest BCUT2D eigenvalue weighted by Gasteiger charge is -2.35. The van der Waals surface area contributed by atoms with Crippen molar-refractivity contribution in [2.45, 2.75) is 12.6 Å². The number of piperazine rings is 1. The highest BCUT2D eigenvalue weighted by atomic mass is 16.1. The van der Waals surface area contributed by atoms with E-state index < -0.39 is 0 Å². The van der Waals surface area contributed by atoms with Gasteiger partial charge in [-0.15, -0.1) is 0 Å². The molecule has 0 spiro atoms. The van der Waals surface area contributed by atoms with Gasteiger partial charge in [0.05, 0.1) is 12.2 Å². The van der Waals surface area contributed by atoms with E-state index in [-0.39, 0.29) is 11.6 Å². The summed E-state index contributed by atoms with van der Waals surface area (Å²) in [4.78, 5) is 17.7. The van der Waals surface area contributed by atoms with Gasteiger partial charge >= 0.3 is 0 Å². The lowest BCUT2D eigenvalue weighted by molar-refractivity contribution is 0.153. The minimum absolute atomic E-state index is 0.00632. The number of aromatic nitrogens is 3. The van der Waals surface area contributed by atoms with Gasteiger partial charge in [-0.05, 0) is 17.5 Å². The summed E-state index contributed by atoms with van der Waals surface area (Å²) in [5.74, 6) is 0. The molecule has 1 atom stereocenters. The van der Waals surface area contributed by atoms with E-state index >= 15 is 0 Å². The maximum atomic E-state index is 12.4. The molecule has 1 aromatic carbocycles. The van der Waals surface area contributed by atoms with Crippen LogP contribution < -0.4 is 10.9 Å². The van der Waals surface area contributed by atoms with Gasteiger partial charge in [-0.1, -0.05) is 18.2 Å². The van der Waals surface area contributed by atoms with Gasteiger partial charge in [-0.2, -0.15) is 5.10 Å². The summed E-state index contributed by atoms with van der Waals surface area (Å²) >= 11 is 0. The van der Waals surface area contributed by atoms with Crippen LogP contribution in [0.3, 0.4) is 0 Å². The number of aromatic amines is 2. The summed E-state index contributed by atoms with van der Waals surface area (Å²) < 4.78 is 0. The van der Waals surface area contributed by atoms with Gasteiger partial charge in [-0.3, -0.25) is 14.8 Å². The molecule has 0 bridgehead atoms. The molecule has 6 nitrogen and oxygen atoms in total. The highest BCUT2D eigenvalue weighted by Gasteiger charge is 2.25. The largest absolute Gasteiger partial charge is 0.322 e. The molecule has 3 heterocycles. The third-order valence-electron chi connectivity index (χ3n) is 4.46. The highest BCUT2D eigenvalue weighted by molar-refractivity contribution is 5.78. The first-order chi connectivity index (χ1) is 11.3. The lowest BCUT2D eigenvalue weighted by Crippen LogP contribution is -2.46. The van der Waals surface area contributed by atoms with Gasteiger partial charge < -0.3 is 10.3 Å². The van der Waals surface area contributed by atoms with E-state index in [2.05, 4.69) is 25.4 Å². The molecular formula is C17H19N5O. The van der Waals surface area contributed by atoms with Gasteiger partial charge in [-0.25, -0.2) is 0 Å². The van der Waals surface area contributed by atoms with E-state index in [1.165, 1.54) is 0 Å². The van der Waals surface area contributed by atoms with E-state index in [0.29, 0.717) is 6.54 Å². The Balaban J connectivity index is 1.65. The van der Waals surface area contributed by atoms with Crippen LogP contribution >= 0.6 is 0 Å². The van der Waals surface area contributed by atoms with Crippen molar-refractivity contribution in [2.75, 3.05) is 19.6 Å². The molecule has 3 aromatic rings. The molecule has 3 N–H and O–H groups in total. The number of rotatable bonds is 3. The number of hydrogen-bond donors (Lipinski definition) is 3. The molecule has 118 valence electrons. The van der Waals surface area contributed by atoms with Crippen LogP contribution in [0.5, 0.6) is 0 Å². The van der Waals surface area contributed by atoms with Crippen molar-refractivity contribution in [2.24, 2.45) is 0 Å². The van der Waals surface area contributed by atoms with Crippen LogP contribution in [-0.2, 0) is 6.54 Å². The SMILES string of the molecule is O=c1[nH]c2ccccc2cc1CN1CCNCC1c1cn[nH]c1. The number of hydrogen-bond acceptors (Lipinski definition) is 4. The summed E-state index contributed by atoms with van der Waals surface area (Å²) in [7, 11) is 0. The second kappa shape index (κ2) is 5.98. The molecule has 1 unspecified atom stereocenters. The van der Waals surface area contributed by atoms with Crippen LogP contribution in [0.15, 0.2) is 47.5 Å². The fourth-order valence-electron chi connectivity index (χ4n) is 3.24. The van der Waals surface area contributed by atoms with Crippen LogP contribution in [0.25, 0.3) is 10.9 Å². The van der Waals surface area contributed by atoms with Gasteiger partial charge in [0.2, 0.25) is 0 Å². The molecule has 0 amide bonds. The van der Waals surface area contributed by atoms with Crippen LogP contribution in [0.1, 0.15) is 17.2 Å². The number of benzene rings is 1. The number of H-pyrrole nitrogens is 2. The zero-order chi connectivity index (χ0) is 15.6. The maximum Gasteiger partial charge on any atom is 0.252 e. The Kier molecular flexibility index (Phi) is 3.69. The van der Waals surface area contributed by atoms with Gasteiger partial charge in [0, 0.05) is 49.0 Å². The quantitative estimate of drug-likeness (QED) is 0.683. The van der Waals surface area contributed by atoms with Crippen LogP contribution in [-0.4, -0.2) is 39.7 Å². The maximum absolute atomic E-state index is 12.4. The van der Waals surface area contributed by atoms with E-state index in [9.17, 15) is 4.79 Å². The van der Waals surface area contributed by atoms with Crippen molar-refractivity contribution in [3.8, 4) is 0 Å². The van der Waals surface area contributed by atoms with Gasteiger partial charge in [0.15, 0.2) is 0 Å². The minimum Gasteiger partial charge on any atom is -0.322 e. The predicted molar refractivity (Wildman–Crippen MR) is 89.2 cm³/mol. The molecule has 1 fully saturated rings. The van der Waals surface area contributed by atoms with E-state index in [1.807, 2.05) is 42.7 Å².